The van der Waals surface area contributed by atoms with Gasteiger partial charge in [0, 0.05) is 33.2 Å². The van der Waals surface area contributed by atoms with Crippen molar-refractivity contribution in [1.82, 2.24) is 14.8 Å². The maximum absolute atomic E-state index is 9.12. The summed E-state index contributed by atoms with van der Waals surface area (Å²) in [5, 5.41) is 16.0. The molecule has 5 rings (SSSR count). The summed E-state index contributed by atoms with van der Waals surface area (Å²) in [5.74, 6) is 0. The van der Waals surface area contributed by atoms with Crippen LogP contribution in [0.5, 0.6) is 0 Å². The number of hydrogen-bond donors (Lipinski definition) is 0. The Morgan fingerprint density at radius 2 is 1.79 bits per heavy atom. The molecule has 3 aromatic carbocycles. The quantitative estimate of drug-likeness (QED) is 0.355. The van der Waals surface area contributed by atoms with E-state index in [9.17, 15) is 0 Å². The van der Waals surface area contributed by atoms with E-state index in [2.05, 4.69) is 45.2 Å². The van der Waals surface area contributed by atoms with Crippen molar-refractivity contribution in [2.45, 2.75) is 0 Å². The Kier molecular flexibility index (Phi) is 3.92. The van der Waals surface area contributed by atoms with E-state index in [0.717, 1.165) is 43.1 Å². The van der Waals surface area contributed by atoms with Crippen molar-refractivity contribution in [3.8, 4) is 22.9 Å². The van der Waals surface area contributed by atoms with E-state index in [1.165, 1.54) is 0 Å². The Hall–Kier alpha value is -3.49. The topological polar surface area (TPSA) is 54.5 Å². The molecule has 0 fully saturated rings. The highest BCUT2D eigenvalue weighted by Gasteiger charge is 2.11. The predicted molar refractivity (Wildman–Crippen MR) is 114 cm³/mol. The molecule has 0 aliphatic rings. The molecule has 0 radical (unpaired) electrons. The zero-order valence-electron chi connectivity index (χ0n) is 14.7. The molecule has 0 unspecified atom stereocenters. The van der Waals surface area contributed by atoms with Crippen molar-refractivity contribution in [3.63, 3.8) is 0 Å². The van der Waals surface area contributed by atoms with E-state index >= 15 is 0 Å². The third-order valence-electron chi connectivity index (χ3n) is 4.79. The number of halogens is 1. The number of benzene rings is 3. The van der Waals surface area contributed by atoms with Gasteiger partial charge in [-0.05, 0) is 57.9 Å². The fourth-order valence-electron chi connectivity index (χ4n) is 3.38. The van der Waals surface area contributed by atoms with E-state index in [1.807, 2.05) is 59.5 Å². The van der Waals surface area contributed by atoms with Gasteiger partial charge < -0.3 is 0 Å². The number of aromatic nitrogens is 3. The molecule has 28 heavy (non-hydrogen) atoms. The fraction of sp³-hybridized carbons (Fsp3) is 0. The molecule has 2 heterocycles. The Bertz CT molecular complexity index is 1400. The highest BCUT2D eigenvalue weighted by atomic mass is 79.9. The van der Waals surface area contributed by atoms with Crippen molar-refractivity contribution in [1.29, 1.82) is 5.26 Å². The largest absolute Gasteiger partial charge is 0.256 e. The van der Waals surface area contributed by atoms with Crippen LogP contribution in [0, 0.1) is 11.3 Å². The zero-order valence-corrected chi connectivity index (χ0v) is 16.3. The Balaban J connectivity index is 1.67. The van der Waals surface area contributed by atoms with Gasteiger partial charge in [-0.15, -0.1) is 0 Å². The highest BCUT2D eigenvalue weighted by Crippen LogP contribution is 2.30. The van der Waals surface area contributed by atoms with Gasteiger partial charge in [0.2, 0.25) is 0 Å². The van der Waals surface area contributed by atoms with Crippen LogP contribution in [-0.4, -0.2) is 14.8 Å². The van der Waals surface area contributed by atoms with Gasteiger partial charge >= 0.3 is 0 Å². The third-order valence-corrected chi connectivity index (χ3v) is 5.45. The maximum atomic E-state index is 9.12. The standard InChI is InChI=1S/C23H13BrN4/c24-21-11-18(9-8-16(21)12-25)28-14-20-19(5-3-7-23(20)27-28)17-10-15-4-1-2-6-22(15)26-13-17/h1-11,13-14H. The van der Waals surface area contributed by atoms with Crippen LogP contribution >= 0.6 is 15.9 Å². The Morgan fingerprint density at radius 1 is 0.929 bits per heavy atom. The second-order valence-corrected chi connectivity index (χ2v) is 7.36. The number of nitrogens with zero attached hydrogens (tertiary/aromatic N) is 4. The van der Waals surface area contributed by atoms with Crippen LogP contribution in [0.3, 0.4) is 0 Å². The highest BCUT2D eigenvalue weighted by molar-refractivity contribution is 9.10. The van der Waals surface area contributed by atoms with Crippen LogP contribution in [0.15, 0.2) is 83.6 Å². The number of fused-ring (bicyclic) bond motifs is 2. The predicted octanol–water partition coefficient (Wildman–Crippen LogP) is 5.87. The van der Waals surface area contributed by atoms with Crippen molar-refractivity contribution in [2.24, 2.45) is 0 Å². The lowest BCUT2D eigenvalue weighted by Gasteiger charge is -2.04. The van der Waals surface area contributed by atoms with Crippen molar-refractivity contribution in [2.75, 3.05) is 0 Å². The van der Waals surface area contributed by atoms with Gasteiger partial charge in [0.15, 0.2) is 0 Å². The lowest BCUT2D eigenvalue weighted by atomic mass is 10.0. The summed E-state index contributed by atoms with van der Waals surface area (Å²) >= 11 is 3.45. The van der Waals surface area contributed by atoms with E-state index in [-0.39, 0.29) is 0 Å². The summed E-state index contributed by atoms with van der Waals surface area (Å²) in [5.41, 5.74) is 5.54. The Morgan fingerprint density at radius 3 is 2.64 bits per heavy atom. The first-order valence-corrected chi connectivity index (χ1v) is 9.56. The number of nitriles is 1. The summed E-state index contributed by atoms with van der Waals surface area (Å²) in [4.78, 5) is 4.60. The van der Waals surface area contributed by atoms with Gasteiger partial charge in [0.25, 0.3) is 0 Å². The minimum Gasteiger partial charge on any atom is -0.256 e. The molecule has 0 aliphatic heterocycles. The average molecular weight is 425 g/mol. The number of rotatable bonds is 2. The van der Waals surface area contributed by atoms with Gasteiger partial charge in [-0.1, -0.05) is 30.3 Å². The molecule has 0 spiro atoms. The molecule has 2 aromatic heterocycles. The second kappa shape index (κ2) is 6.59. The summed E-state index contributed by atoms with van der Waals surface area (Å²) in [6.45, 7) is 0. The van der Waals surface area contributed by atoms with Crippen LogP contribution in [0.4, 0.5) is 0 Å². The second-order valence-electron chi connectivity index (χ2n) is 6.50. The molecular formula is C23H13BrN4. The van der Waals surface area contributed by atoms with Gasteiger partial charge in [0.1, 0.15) is 6.07 Å². The molecule has 0 N–H and O–H groups in total. The smallest absolute Gasteiger partial charge is 0.100 e. The maximum Gasteiger partial charge on any atom is 0.100 e. The monoisotopic (exact) mass is 424 g/mol. The third kappa shape index (κ3) is 2.75. The van der Waals surface area contributed by atoms with Crippen LogP contribution in [-0.2, 0) is 0 Å². The van der Waals surface area contributed by atoms with E-state index in [0.29, 0.717) is 5.56 Å². The van der Waals surface area contributed by atoms with Crippen molar-refractivity contribution in [3.05, 3.63) is 89.2 Å². The summed E-state index contributed by atoms with van der Waals surface area (Å²) in [7, 11) is 0. The number of para-hydroxylation sites is 1. The molecule has 4 nitrogen and oxygen atoms in total. The molecule has 0 bridgehead atoms. The Labute approximate surface area is 169 Å². The molecule has 5 aromatic rings. The van der Waals surface area contributed by atoms with E-state index in [1.54, 1.807) is 6.07 Å². The van der Waals surface area contributed by atoms with Crippen molar-refractivity contribution >= 4 is 37.7 Å². The molecule has 0 atom stereocenters. The van der Waals surface area contributed by atoms with Gasteiger partial charge in [-0.2, -0.15) is 10.4 Å². The number of hydrogen-bond acceptors (Lipinski definition) is 3. The first kappa shape index (κ1) is 16.7. The van der Waals surface area contributed by atoms with E-state index < -0.39 is 0 Å². The molecule has 0 amide bonds. The van der Waals surface area contributed by atoms with Crippen LogP contribution in [0.25, 0.3) is 38.6 Å². The lowest BCUT2D eigenvalue weighted by Crippen LogP contribution is -1.94. The summed E-state index contributed by atoms with van der Waals surface area (Å²) < 4.78 is 2.60. The molecule has 0 aliphatic carbocycles. The fourth-order valence-corrected chi connectivity index (χ4v) is 3.84. The van der Waals surface area contributed by atoms with E-state index in [4.69, 9.17) is 10.4 Å². The molecule has 5 heteroatoms. The van der Waals surface area contributed by atoms with Gasteiger partial charge in [-0.25, -0.2) is 4.68 Å². The van der Waals surface area contributed by atoms with Crippen LogP contribution < -0.4 is 0 Å². The molecular weight excluding hydrogens is 412 g/mol. The SMILES string of the molecule is N#Cc1ccc(-n2cc3c(-c4cnc5ccccc5c4)cccc3n2)cc1Br. The first-order chi connectivity index (χ1) is 13.7. The van der Waals surface area contributed by atoms with Gasteiger partial charge in [0.05, 0.1) is 22.3 Å². The minimum atomic E-state index is 0.600. The minimum absolute atomic E-state index is 0.600. The molecule has 0 saturated carbocycles. The van der Waals surface area contributed by atoms with Crippen LogP contribution in [0.2, 0.25) is 0 Å². The molecule has 132 valence electrons. The van der Waals surface area contributed by atoms with Crippen LogP contribution in [0.1, 0.15) is 5.56 Å². The number of pyridine rings is 1. The van der Waals surface area contributed by atoms with Crippen molar-refractivity contribution < 1.29 is 0 Å². The first-order valence-electron chi connectivity index (χ1n) is 8.76. The zero-order chi connectivity index (χ0) is 19.1. The average Bonchev–Trinajstić information content (AvgIpc) is 3.18. The molecule has 0 saturated heterocycles. The summed E-state index contributed by atoms with van der Waals surface area (Å²) in [6, 6.07) is 24.1. The lowest BCUT2D eigenvalue weighted by molar-refractivity contribution is 0.895. The normalized spacial score (nSPS) is 11.0. The summed E-state index contributed by atoms with van der Waals surface area (Å²) in [6.07, 6.45) is 3.93. The van der Waals surface area contributed by atoms with Gasteiger partial charge in [-0.3, -0.25) is 4.98 Å².